The first kappa shape index (κ1) is 21.6. The van der Waals surface area contributed by atoms with Crippen molar-refractivity contribution >= 4 is 38.9 Å². The van der Waals surface area contributed by atoms with Crippen LogP contribution in [0.5, 0.6) is 0 Å². The zero-order chi connectivity index (χ0) is 20.2. The summed E-state index contributed by atoms with van der Waals surface area (Å²) in [6, 6.07) is 5.05. The molecule has 0 unspecified atom stereocenters. The van der Waals surface area contributed by atoms with Crippen LogP contribution in [0.25, 0.3) is 0 Å². The molecule has 1 N–H and O–H groups in total. The van der Waals surface area contributed by atoms with Crippen LogP contribution in [0.15, 0.2) is 23.1 Å². The average molecular weight is 413 g/mol. The molecular weight excluding hydrogens is 384 g/mol. The topological polar surface area (TPSA) is 73.0 Å². The van der Waals surface area contributed by atoms with Crippen LogP contribution in [0.3, 0.4) is 0 Å². The van der Waals surface area contributed by atoms with Crippen molar-refractivity contribution in [3.63, 3.8) is 0 Å². The molecule has 1 amide bonds. The van der Waals surface area contributed by atoms with Gasteiger partial charge in [-0.05, 0) is 36.8 Å². The van der Waals surface area contributed by atoms with Crippen LogP contribution < -0.4 is 5.32 Å². The number of nitrogens with one attached hydrogen (secondary N) is 1. The third kappa shape index (κ3) is 4.97. The second-order valence-corrected chi connectivity index (χ2v) is 8.81. The Kier molecular flexibility index (Phi) is 7.19. The van der Waals surface area contributed by atoms with Gasteiger partial charge in [-0.2, -0.15) is 4.31 Å². The number of hydrogen-bond donors (Lipinski definition) is 1. The first-order valence-electron chi connectivity index (χ1n) is 9.13. The predicted molar refractivity (Wildman–Crippen MR) is 111 cm³/mol. The lowest BCUT2D eigenvalue weighted by Gasteiger charge is -2.35. The van der Waals surface area contributed by atoms with Crippen molar-refractivity contribution in [2.75, 3.05) is 44.6 Å². The van der Waals surface area contributed by atoms with Crippen molar-refractivity contribution in [3.8, 4) is 0 Å². The van der Waals surface area contributed by atoms with Gasteiger partial charge in [0.2, 0.25) is 15.9 Å². The Bertz CT molecular complexity index is 799. The summed E-state index contributed by atoms with van der Waals surface area (Å²) in [6.45, 7) is 10.5. The Morgan fingerprint density at radius 1 is 1.15 bits per heavy atom. The summed E-state index contributed by atoms with van der Waals surface area (Å²) in [5, 5.41) is 3.72. The molecule has 1 aliphatic rings. The van der Waals surface area contributed by atoms with Crippen molar-refractivity contribution in [3.05, 3.63) is 23.8 Å². The molecule has 0 radical (unpaired) electrons. The van der Waals surface area contributed by atoms with E-state index < -0.39 is 10.0 Å². The van der Waals surface area contributed by atoms with Crippen LogP contribution in [0, 0.1) is 6.92 Å². The first-order valence-corrected chi connectivity index (χ1v) is 11.0. The number of piperazine rings is 1. The summed E-state index contributed by atoms with van der Waals surface area (Å²) in [5.41, 5.74) is 1.60. The molecule has 0 aliphatic carbocycles. The number of thiocarbonyl (C=S) groups is 1. The van der Waals surface area contributed by atoms with Crippen LogP contribution in [0.4, 0.5) is 5.69 Å². The van der Waals surface area contributed by atoms with E-state index in [-0.39, 0.29) is 10.8 Å². The maximum absolute atomic E-state index is 12.8. The van der Waals surface area contributed by atoms with E-state index in [0.717, 1.165) is 5.56 Å². The Balaban J connectivity index is 2.15. The number of hydrogen-bond acceptors (Lipinski definition) is 4. The number of rotatable bonds is 5. The lowest BCUT2D eigenvalue weighted by atomic mass is 10.2. The van der Waals surface area contributed by atoms with Gasteiger partial charge >= 0.3 is 0 Å². The standard InChI is InChI=1S/C18H28N4O3S2/c1-5-22(6-2)27(24,25)16-8-7-14(3)17(13-16)19-18(26)21-11-9-20(10-12-21)15(4)23/h7-8,13H,5-6,9-12H2,1-4H3,(H,19,26). The molecule has 7 nitrogen and oxygen atoms in total. The highest BCUT2D eigenvalue weighted by Gasteiger charge is 2.24. The number of sulfonamides is 1. The molecule has 1 heterocycles. The molecule has 1 aliphatic heterocycles. The van der Waals surface area contributed by atoms with Gasteiger partial charge in [0.1, 0.15) is 0 Å². The highest BCUT2D eigenvalue weighted by atomic mass is 32.2. The van der Waals surface area contributed by atoms with Gasteiger partial charge in [-0.25, -0.2) is 8.42 Å². The number of anilines is 1. The second-order valence-electron chi connectivity index (χ2n) is 6.49. The smallest absolute Gasteiger partial charge is 0.243 e. The number of benzene rings is 1. The molecule has 0 atom stereocenters. The highest BCUT2D eigenvalue weighted by Crippen LogP contribution is 2.23. The van der Waals surface area contributed by atoms with Crippen LogP contribution in [0.1, 0.15) is 26.3 Å². The molecule has 0 bridgehead atoms. The van der Waals surface area contributed by atoms with E-state index in [1.165, 1.54) is 4.31 Å². The Morgan fingerprint density at radius 3 is 2.22 bits per heavy atom. The molecule has 0 saturated carbocycles. The summed E-state index contributed by atoms with van der Waals surface area (Å²) in [4.78, 5) is 15.5. The molecule has 9 heteroatoms. The summed E-state index contributed by atoms with van der Waals surface area (Å²) < 4.78 is 27.0. The molecule has 1 aromatic rings. The van der Waals surface area contributed by atoms with Gasteiger partial charge in [0.15, 0.2) is 5.11 Å². The van der Waals surface area contributed by atoms with Gasteiger partial charge in [-0.3, -0.25) is 4.79 Å². The molecule has 2 rings (SSSR count). The third-order valence-corrected chi connectivity index (χ3v) is 7.21. The van der Waals surface area contributed by atoms with Crippen molar-refractivity contribution in [2.24, 2.45) is 0 Å². The van der Waals surface area contributed by atoms with Gasteiger partial charge in [0.25, 0.3) is 0 Å². The van der Waals surface area contributed by atoms with Crippen molar-refractivity contribution in [1.29, 1.82) is 0 Å². The SMILES string of the molecule is CCN(CC)S(=O)(=O)c1ccc(C)c(NC(=S)N2CCN(C(C)=O)CC2)c1. The summed E-state index contributed by atoms with van der Waals surface area (Å²) >= 11 is 5.51. The van der Waals surface area contributed by atoms with E-state index in [1.807, 2.05) is 25.7 Å². The normalized spacial score (nSPS) is 15.1. The fourth-order valence-corrected chi connectivity index (χ4v) is 4.80. The zero-order valence-electron chi connectivity index (χ0n) is 16.4. The molecule has 150 valence electrons. The monoisotopic (exact) mass is 412 g/mol. The molecular formula is C18H28N4O3S2. The summed E-state index contributed by atoms with van der Waals surface area (Å²) in [7, 11) is -3.53. The van der Waals surface area contributed by atoms with E-state index in [1.54, 1.807) is 30.0 Å². The Labute approximate surface area is 167 Å². The fourth-order valence-electron chi connectivity index (χ4n) is 3.03. The molecule has 1 aromatic carbocycles. The van der Waals surface area contributed by atoms with Gasteiger partial charge in [-0.15, -0.1) is 0 Å². The van der Waals surface area contributed by atoms with Crippen LogP contribution in [-0.4, -0.2) is 72.8 Å². The average Bonchev–Trinajstić information content (AvgIpc) is 2.64. The third-order valence-electron chi connectivity index (χ3n) is 4.81. The molecule has 1 saturated heterocycles. The fraction of sp³-hybridized carbons (Fsp3) is 0.556. The molecule has 27 heavy (non-hydrogen) atoms. The van der Waals surface area contributed by atoms with E-state index in [0.29, 0.717) is 50.1 Å². The van der Waals surface area contributed by atoms with Crippen LogP contribution in [0.2, 0.25) is 0 Å². The minimum absolute atomic E-state index is 0.0682. The lowest BCUT2D eigenvalue weighted by Crippen LogP contribution is -2.51. The van der Waals surface area contributed by atoms with Gasteiger partial charge < -0.3 is 15.1 Å². The minimum atomic E-state index is -3.53. The summed E-state index contributed by atoms with van der Waals surface area (Å²) in [6.07, 6.45) is 0. The van der Waals surface area contributed by atoms with Crippen molar-refractivity contribution in [1.82, 2.24) is 14.1 Å². The Morgan fingerprint density at radius 2 is 1.70 bits per heavy atom. The van der Waals surface area contributed by atoms with E-state index >= 15 is 0 Å². The molecule has 0 aromatic heterocycles. The maximum atomic E-state index is 12.8. The number of carbonyl (C=O) groups is 1. The predicted octanol–water partition coefficient (Wildman–Crippen LogP) is 1.89. The molecule has 1 fully saturated rings. The summed E-state index contributed by atoms with van der Waals surface area (Å²) in [5.74, 6) is 0.0682. The van der Waals surface area contributed by atoms with Crippen molar-refractivity contribution < 1.29 is 13.2 Å². The van der Waals surface area contributed by atoms with Gasteiger partial charge in [0.05, 0.1) is 4.90 Å². The van der Waals surface area contributed by atoms with Gasteiger partial charge in [-0.1, -0.05) is 19.9 Å². The van der Waals surface area contributed by atoms with Crippen LogP contribution in [-0.2, 0) is 14.8 Å². The largest absolute Gasteiger partial charge is 0.345 e. The van der Waals surface area contributed by atoms with E-state index in [9.17, 15) is 13.2 Å². The van der Waals surface area contributed by atoms with Gasteiger partial charge in [0, 0.05) is 51.9 Å². The quantitative estimate of drug-likeness (QED) is 0.745. The maximum Gasteiger partial charge on any atom is 0.243 e. The highest BCUT2D eigenvalue weighted by molar-refractivity contribution is 7.89. The van der Waals surface area contributed by atoms with E-state index in [4.69, 9.17) is 12.2 Å². The van der Waals surface area contributed by atoms with Crippen molar-refractivity contribution in [2.45, 2.75) is 32.6 Å². The van der Waals surface area contributed by atoms with E-state index in [2.05, 4.69) is 5.32 Å². The zero-order valence-corrected chi connectivity index (χ0v) is 18.0. The first-order chi connectivity index (χ1) is 12.7. The number of amides is 1. The van der Waals surface area contributed by atoms with Crippen LogP contribution >= 0.6 is 12.2 Å². The second kappa shape index (κ2) is 8.99. The number of nitrogens with zero attached hydrogens (tertiary/aromatic N) is 3. The number of aryl methyl sites for hydroxylation is 1. The minimum Gasteiger partial charge on any atom is -0.345 e. The lowest BCUT2D eigenvalue weighted by molar-refractivity contribution is -0.130. The molecule has 0 spiro atoms. The number of carbonyl (C=O) groups excluding carboxylic acids is 1. The Hall–Kier alpha value is -1.71.